The van der Waals surface area contributed by atoms with E-state index < -0.39 is 6.10 Å². The minimum Gasteiger partial charge on any atom is -0.462 e. The highest BCUT2D eigenvalue weighted by molar-refractivity contribution is 5.71. The monoisotopic (exact) mass is 1010 g/mol. The highest BCUT2D eigenvalue weighted by Crippen LogP contribution is 2.14. The van der Waals surface area contributed by atoms with Crippen LogP contribution in [0, 0.1) is 0 Å². The zero-order valence-electron chi connectivity index (χ0n) is 47.4. The van der Waals surface area contributed by atoms with Crippen LogP contribution in [0.2, 0.25) is 0 Å². The smallest absolute Gasteiger partial charge is 0.306 e. The summed E-state index contributed by atoms with van der Waals surface area (Å²) in [4.78, 5) is 38.2. The lowest BCUT2D eigenvalue weighted by molar-refractivity contribution is -0.167. The highest BCUT2D eigenvalue weighted by atomic mass is 16.6. The topological polar surface area (TPSA) is 78.9 Å². The van der Waals surface area contributed by atoms with Crippen LogP contribution >= 0.6 is 0 Å². The lowest BCUT2D eigenvalue weighted by Gasteiger charge is -2.18. The molecule has 0 saturated carbocycles. The highest BCUT2D eigenvalue weighted by Gasteiger charge is 2.19. The Morgan fingerprint density at radius 1 is 0.288 bits per heavy atom. The van der Waals surface area contributed by atoms with Crippen LogP contribution in [0.4, 0.5) is 0 Å². The average Bonchev–Trinajstić information content (AvgIpc) is 3.39. The fourth-order valence-corrected chi connectivity index (χ4v) is 7.98. The molecule has 0 spiro atoms. The Morgan fingerprint density at radius 3 is 0.849 bits per heavy atom. The van der Waals surface area contributed by atoms with Crippen molar-refractivity contribution in [3.05, 3.63) is 122 Å². The Kier molecular flexibility index (Phi) is 56.9. The molecule has 0 aliphatic heterocycles. The lowest BCUT2D eigenvalue weighted by Crippen LogP contribution is -2.30. The summed E-state index contributed by atoms with van der Waals surface area (Å²) in [7, 11) is 0. The van der Waals surface area contributed by atoms with Gasteiger partial charge in [0.05, 0.1) is 0 Å². The van der Waals surface area contributed by atoms with E-state index in [1.54, 1.807) is 0 Å². The number of ether oxygens (including phenoxy) is 3. The van der Waals surface area contributed by atoms with Gasteiger partial charge in [-0.15, -0.1) is 0 Å². The van der Waals surface area contributed by atoms with Crippen LogP contribution in [0.25, 0.3) is 0 Å². The van der Waals surface area contributed by atoms with Crippen LogP contribution in [-0.2, 0) is 28.6 Å². The van der Waals surface area contributed by atoms with Crippen molar-refractivity contribution in [1.29, 1.82) is 0 Å². The second-order valence-corrected chi connectivity index (χ2v) is 19.5. The molecule has 0 aliphatic rings. The number of unbranched alkanes of at least 4 members (excludes halogenated alkanes) is 22. The number of hydrogen-bond donors (Lipinski definition) is 0. The van der Waals surface area contributed by atoms with Gasteiger partial charge in [-0.1, -0.05) is 239 Å². The second-order valence-electron chi connectivity index (χ2n) is 19.5. The average molecular weight is 1010 g/mol. The van der Waals surface area contributed by atoms with Gasteiger partial charge in [-0.25, -0.2) is 0 Å². The van der Waals surface area contributed by atoms with Gasteiger partial charge in [0.1, 0.15) is 13.2 Å². The van der Waals surface area contributed by atoms with Crippen molar-refractivity contribution in [2.45, 2.75) is 271 Å². The van der Waals surface area contributed by atoms with E-state index in [1.165, 1.54) is 83.5 Å². The molecule has 0 bridgehead atoms. The lowest BCUT2D eigenvalue weighted by atomic mass is 10.1. The van der Waals surface area contributed by atoms with Crippen LogP contribution < -0.4 is 0 Å². The molecule has 0 aromatic heterocycles. The van der Waals surface area contributed by atoms with Gasteiger partial charge in [-0.05, 0) is 128 Å². The molecule has 0 aliphatic carbocycles. The molecule has 0 fully saturated rings. The number of esters is 3. The van der Waals surface area contributed by atoms with Gasteiger partial charge in [-0.2, -0.15) is 0 Å². The summed E-state index contributed by atoms with van der Waals surface area (Å²) < 4.78 is 16.8. The molecule has 1 unspecified atom stereocenters. The maximum Gasteiger partial charge on any atom is 0.306 e. The van der Waals surface area contributed by atoms with Gasteiger partial charge in [0.2, 0.25) is 0 Å². The third-order valence-corrected chi connectivity index (χ3v) is 12.4. The largest absolute Gasteiger partial charge is 0.462 e. The quantitative estimate of drug-likeness (QED) is 0.0261. The van der Waals surface area contributed by atoms with Crippen molar-refractivity contribution in [2.24, 2.45) is 0 Å². The van der Waals surface area contributed by atoms with Gasteiger partial charge in [0.25, 0.3) is 0 Å². The van der Waals surface area contributed by atoms with Gasteiger partial charge in [-0.3, -0.25) is 14.4 Å². The van der Waals surface area contributed by atoms with Crippen LogP contribution in [0.3, 0.4) is 0 Å². The van der Waals surface area contributed by atoms with E-state index in [0.29, 0.717) is 19.3 Å². The van der Waals surface area contributed by atoms with E-state index in [2.05, 4.69) is 142 Å². The van der Waals surface area contributed by atoms with Gasteiger partial charge < -0.3 is 14.2 Å². The van der Waals surface area contributed by atoms with Crippen molar-refractivity contribution in [3.8, 4) is 0 Å². The minimum atomic E-state index is -0.805. The normalized spacial score (nSPS) is 13.0. The third-order valence-electron chi connectivity index (χ3n) is 12.4. The maximum absolute atomic E-state index is 12.9. The van der Waals surface area contributed by atoms with Crippen molar-refractivity contribution in [1.82, 2.24) is 0 Å². The van der Waals surface area contributed by atoms with Crippen LogP contribution in [-0.4, -0.2) is 37.2 Å². The molecule has 6 heteroatoms. The molecule has 0 radical (unpaired) electrons. The van der Waals surface area contributed by atoms with Crippen molar-refractivity contribution in [3.63, 3.8) is 0 Å². The van der Waals surface area contributed by atoms with Gasteiger partial charge in [0.15, 0.2) is 6.10 Å². The van der Waals surface area contributed by atoms with Gasteiger partial charge in [0, 0.05) is 19.3 Å². The Hall–Kier alpha value is -4.19. The molecule has 0 amide bonds. The van der Waals surface area contributed by atoms with E-state index in [4.69, 9.17) is 14.2 Å². The van der Waals surface area contributed by atoms with E-state index in [-0.39, 0.29) is 31.1 Å². The van der Waals surface area contributed by atoms with E-state index in [1.807, 2.05) is 0 Å². The summed E-state index contributed by atoms with van der Waals surface area (Å²) in [5, 5.41) is 0. The minimum absolute atomic E-state index is 0.102. The fraction of sp³-hybridized carbons (Fsp3) is 0.657. The first-order chi connectivity index (χ1) is 36.0. The first kappa shape index (κ1) is 68.8. The van der Waals surface area contributed by atoms with Crippen LogP contribution in [0.5, 0.6) is 0 Å². The SMILES string of the molecule is CC/C=C\C/C=C\C/C=C\C/C=C\C/C=C\CCCCCCCC(=O)OCC(COC(=O)CCCCC/C=C\C/C=C\C/C=C\CC)OC(=O)CCCCCCCCCCC/C=C\C/C=C\CCCCCCC. The molecular formula is C67H110O6. The summed E-state index contributed by atoms with van der Waals surface area (Å²) in [6.45, 7) is 6.36. The first-order valence-corrected chi connectivity index (χ1v) is 30.0. The molecule has 1 atom stereocenters. The zero-order valence-corrected chi connectivity index (χ0v) is 47.4. The number of allylic oxidation sites excluding steroid dienone is 20. The fourth-order valence-electron chi connectivity index (χ4n) is 7.98. The standard InChI is InChI=1S/C67H110O6/c1-4-7-10-13-16-19-22-25-27-29-31-33-35-37-39-42-45-48-51-54-57-60-66(69)72-63-64(62-71-65(68)59-56-53-50-47-44-41-24-21-18-15-12-9-6-3)73-67(70)61-58-55-52-49-46-43-40-38-36-34-32-30-28-26-23-20-17-14-11-8-5-2/h7,9-10,12,16,18-19,21,23,25-27,30-33,37,39,41,44,64H,4-6,8,11,13-15,17,20,22,24,28-29,34-36,38,40,42-43,45-63H2,1-3H3/b10-7-,12-9-,19-16-,21-18-,26-23-,27-25-,32-30-,33-31-,39-37-,44-41-. The van der Waals surface area contributed by atoms with Crippen molar-refractivity contribution in [2.75, 3.05) is 13.2 Å². The summed E-state index contributed by atoms with van der Waals surface area (Å²) >= 11 is 0. The molecule has 0 aromatic carbocycles. The Balaban J connectivity index is 4.44. The molecule has 0 aromatic rings. The Morgan fingerprint density at radius 2 is 0.534 bits per heavy atom. The van der Waals surface area contributed by atoms with E-state index in [0.717, 1.165) is 141 Å². The number of rotatable bonds is 53. The van der Waals surface area contributed by atoms with Crippen molar-refractivity contribution >= 4 is 17.9 Å². The molecule has 0 rings (SSSR count). The number of carbonyl (C=O) groups is 3. The molecular weight excluding hydrogens is 901 g/mol. The maximum atomic E-state index is 12.9. The second kappa shape index (κ2) is 60.4. The molecule has 6 nitrogen and oxygen atoms in total. The molecule has 0 N–H and O–H groups in total. The molecule has 0 heterocycles. The van der Waals surface area contributed by atoms with Crippen LogP contribution in [0.15, 0.2) is 122 Å². The summed E-state index contributed by atoms with van der Waals surface area (Å²) in [5.41, 5.74) is 0. The first-order valence-electron chi connectivity index (χ1n) is 30.0. The third kappa shape index (κ3) is 58.6. The number of carbonyl (C=O) groups excluding carboxylic acids is 3. The predicted molar refractivity (Wildman–Crippen MR) is 316 cm³/mol. The molecule has 414 valence electrons. The van der Waals surface area contributed by atoms with Crippen LogP contribution in [0.1, 0.15) is 265 Å². The predicted octanol–water partition coefficient (Wildman–Crippen LogP) is 20.4. The summed E-state index contributed by atoms with van der Waals surface area (Å²) in [6, 6.07) is 0. The summed E-state index contributed by atoms with van der Waals surface area (Å²) in [5.74, 6) is -0.953. The molecule has 0 saturated heterocycles. The summed E-state index contributed by atoms with van der Waals surface area (Å²) in [6.07, 6.45) is 83.4. The Labute approximate surface area is 450 Å². The zero-order chi connectivity index (χ0) is 52.9. The van der Waals surface area contributed by atoms with E-state index in [9.17, 15) is 14.4 Å². The Bertz CT molecular complexity index is 1540. The van der Waals surface area contributed by atoms with Gasteiger partial charge >= 0.3 is 17.9 Å². The van der Waals surface area contributed by atoms with E-state index >= 15 is 0 Å². The number of hydrogen-bond acceptors (Lipinski definition) is 6. The van der Waals surface area contributed by atoms with Crippen molar-refractivity contribution < 1.29 is 28.6 Å². The molecule has 73 heavy (non-hydrogen) atoms.